The molecule has 0 radical (unpaired) electrons. The Kier molecular flexibility index (Phi) is 1.43. The minimum Gasteiger partial charge on any atom is -0.369 e. The third-order valence-corrected chi connectivity index (χ3v) is 2.09. The predicted octanol–water partition coefficient (Wildman–Crippen LogP) is 1.98. The van der Waals surface area contributed by atoms with E-state index in [0.717, 1.165) is 12.3 Å². The van der Waals surface area contributed by atoms with Gasteiger partial charge in [0.1, 0.15) is 0 Å². The molecule has 11 heavy (non-hydrogen) atoms. The van der Waals surface area contributed by atoms with Crippen molar-refractivity contribution in [1.82, 2.24) is 4.98 Å². The Morgan fingerprint density at radius 3 is 3.27 bits per heavy atom. The van der Waals surface area contributed by atoms with Crippen LogP contribution >= 0.6 is 0 Å². The van der Waals surface area contributed by atoms with E-state index in [1.54, 1.807) is 0 Å². The number of hydrogen-bond donors (Lipinski definition) is 0. The summed E-state index contributed by atoms with van der Waals surface area (Å²) < 4.78 is 5.44. The lowest BCUT2D eigenvalue weighted by Gasteiger charge is -2.02. The number of aryl methyl sites for hydroxylation is 1. The summed E-state index contributed by atoms with van der Waals surface area (Å²) in [6.45, 7) is 4.81. The van der Waals surface area contributed by atoms with Crippen LogP contribution in [0.25, 0.3) is 0 Å². The van der Waals surface area contributed by atoms with E-state index in [9.17, 15) is 0 Å². The largest absolute Gasteiger partial charge is 0.369 e. The van der Waals surface area contributed by atoms with Crippen molar-refractivity contribution in [3.05, 3.63) is 29.1 Å². The quantitative estimate of drug-likeness (QED) is 0.562. The summed E-state index contributed by atoms with van der Waals surface area (Å²) in [6, 6.07) is 2.10. The van der Waals surface area contributed by atoms with Gasteiger partial charge in [0, 0.05) is 17.5 Å². The van der Waals surface area contributed by atoms with Crippen LogP contribution in [0.2, 0.25) is 0 Å². The highest BCUT2D eigenvalue weighted by atomic mass is 16.5. The minimum atomic E-state index is 0.256. The highest BCUT2D eigenvalue weighted by Gasteiger charge is 2.18. The second-order valence-electron chi connectivity index (χ2n) is 2.98. The topological polar surface area (TPSA) is 22.1 Å². The third-order valence-electron chi connectivity index (χ3n) is 2.09. The molecule has 0 aromatic carbocycles. The molecule has 0 aliphatic carbocycles. The molecule has 1 aliphatic rings. The van der Waals surface area contributed by atoms with Crippen molar-refractivity contribution in [2.45, 2.75) is 26.6 Å². The van der Waals surface area contributed by atoms with Gasteiger partial charge in [-0.25, -0.2) is 0 Å². The zero-order valence-electron chi connectivity index (χ0n) is 6.79. The molecule has 0 amide bonds. The maximum Gasteiger partial charge on any atom is 0.0806 e. The van der Waals surface area contributed by atoms with Gasteiger partial charge >= 0.3 is 0 Å². The molecule has 1 atom stereocenters. The lowest BCUT2D eigenvalue weighted by molar-refractivity contribution is 0.0796. The molecule has 1 aromatic heterocycles. The van der Waals surface area contributed by atoms with Gasteiger partial charge in [-0.05, 0) is 25.5 Å². The molecule has 2 nitrogen and oxygen atoms in total. The Hall–Kier alpha value is -0.890. The van der Waals surface area contributed by atoms with Crippen molar-refractivity contribution in [3.63, 3.8) is 0 Å². The van der Waals surface area contributed by atoms with Gasteiger partial charge in [0.15, 0.2) is 0 Å². The van der Waals surface area contributed by atoms with E-state index in [-0.39, 0.29) is 6.10 Å². The molecule has 1 unspecified atom stereocenters. The first-order valence-corrected chi connectivity index (χ1v) is 3.84. The summed E-state index contributed by atoms with van der Waals surface area (Å²) in [4.78, 5) is 4.21. The molecule has 0 spiro atoms. The zero-order chi connectivity index (χ0) is 7.84. The van der Waals surface area contributed by atoms with Gasteiger partial charge in [-0.15, -0.1) is 0 Å². The number of hydrogen-bond acceptors (Lipinski definition) is 2. The van der Waals surface area contributed by atoms with Crippen LogP contribution in [0.5, 0.6) is 0 Å². The summed E-state index contributed by atoms with van der Waals surface area (Å²) >= 11 is 0. The smallest absolute Gasteiger partial charge is 0.0806 e. The summed E-state index contributed by atoms with van der Waals surface area (Å²) in [5.74, 6) is 0. The molecule has 2 heterocycles. The van der Waals surface area contributed by atoms with Crippen LogP contribution in [0.3, 0.4) is 0 Å². The first kappa shape index (κ1) is 6.80. The maximum atomic E-state index is 5.44. The van der Waals surface area contributed by atoms with E-state index < -0.39 is 0 Å². The molecule has 1 aromatic rings. The van der Waals surface area contributed by atoms with Crippen LogP contribution in [-0.4, -0.2) is 4.98 Å². The van der Waals surface area contributed by atoms with E-state index in [0.29, 0.717) is 0 Å². The van der Waals surface area contributed by atoms with Crippen LogP contribution in [0.4, 0.5) is 0 Å². The third kappa shape index (κ3) is 1.03. The van der Waals surface area contributed by atoms with Crippen LogP contribution < -0.4 is 0 Å². The fraction of sp³-hybridized carbons (Fsp3) is 0.444. The van der Waals surface area contributed by atoms with Crippen LogP contribution in [0.15, 0.2) is 12.3 Å². The fourth-order valence-electron chi connectivity index (χ4n) is 1.41. The number of nitrogens with zero attached hydrogens (tertiary/aromatic N) is 1. The molecule has 1 aliphatic heterocycles. The maximum absolute atomic E-state index is 5.44. The first-order valence-electron chi connectivity index (χ1n) is 3.84. The van der Waals surface area contributed by atoms with Crippen molar-refractivity contribution in [2.24, 2.45) is 0 Å². The van der Waals surface area contributed by atoms with Gasteiger partial charge in [-0.3, -0.25) is 4.98 Å². The van der Waals surface area contributed by atoms with Crippen molar-refractivity contribution in [2.75, 3.05) is 0 Å². The molecule has 58 valence electrons. The lowest BCUT2D eigenvalue weighted by Crippen LogP contribution is -1.90. The first-order chi connectivity index (χ1) is 5.27. The Morgan fingerprint density at radius 2 is 2.45 bits per heavy atom. The van der Waals surface area contributed by atoms with E-state index in [1.807, 2.05) is 13.1 Å². The number of rotatable bonds is 0. The Morgan fingerprint density at radius 1 is 1.64 bits per heavy atom. The van der Waals surface area contributed by atoms with Gasteiger partial charge in [0.25, 0.3) is 0 Å². The molecule has 0 saturated carbocycles. The minimum absolute atomic E-state index is 0.256. The molecule has 0 fully saturated rings. The molecule has 0 N–H and O–H groups in total. The highest BCUT2D eigenvalue weighted by molar-refractivity contribution is 5.30. The van der Waals surface area contributed by atoms with Gasteiger partial charge in [-0.1, -0.05) is 0 Å². The summed E-state index contributed by atoms with van der Waals surface area (Å²) in [7, 11) is 0. The summed E-state index contributed by atoms with van der Waals surface area (Å²) in [5, 5.41) is 0. The van der Waals surface area contributed by atoms with Gasteiger partial charge in [-0.2, -0.15) is 0 Å². The number of fused-ring (bicyclic) bond motifs is 1. The molecule has 0 bridgehead atoms. The molecule has 2 heteroatoms. The van der Waals surface area contributed by atoms with Crippen molar-refractivity contribution in [1.29, 1.82) is 0 Å². The van der Waals surface area contributed by atoms with Crippen molar-refractivity contribution < 1.29 is 4.74 Å². The van der Waals surface area contributed by atoms with Gasteiger partial charge in [0.2, 0.25) is 0 Å². The van der Waals surface area contributed by atoms with Crippen LogP contribution in [0, 0.1) is 6.92 Å². The van der Waals surface area contributed by atoms with E-state index in [2.05, 4.69) is 18.0 Å². The number of pyridine rings is 1. The molecular weight excluding hydrogens is 138 g/mol. The standard InChI is InChI=1S/C9H11NO/c1-6-3-9-7(2)11-5-8(9)4-10-6/h3-4,7H,5H2,1-2H3. The van der Waals surface area contributed by atoms with Crippen molar-refractivity contribution >= 4 is 0 Å². The number of aromatic nitrogens is 1. The molecule has 0 saturated heterocycles. The van der Waals surface area contributed by atoms with Gasteiger partial charge in [0.05, 0.1) is 12.7 Å². The predicted molar refractivity (Wildman–Crippen MR) is 42.2 cm³/mol. The zero-order valence-corrected chi connectivity index (χ0v) is 6.79. The van der Waals surface area contributed by atoms with Gasteiger partial charge < -0.3 is 4.74 Å². The summed E-state index contributed by atoms with van der Waals surface area (Å²) in [6.07, 6.45) is 2.17. The SMILES string of the molecule is Cc1cc2c(cn1)COC2C. The van der Waals surface area contributed by atoms with E-state index in [1.165, 1.54) is 11.1 Å². The number of ether oxygens (including phenoxy) is 1. The monoisotopic (exact) mass is 149 g/mol. The second kappa shape index (κ2) is 2.31. The second-order valence-corrected chi connectivity index (χ2v) is 2.98. The van der Waals surface area contributed by atoms with E-state index >= 15 is 0 Å². The Labute approximate surface area is 66.2 Å². The molecular formula is C9H11NO. The lowest BCUT2D eigenvalue weighted by atomic mass is 10.1. The highest BCUT2D eigenvalue weighted by Crippen LogP contribution is 2.29. The van der Waals surface area contributed by atoms with Crippen LogP contribution in [0.1, 0.15) is 29.8 Å². The Bertz CT molecular complexity index is 283. The average Bonchev–Trinajstić information content (AvgIpc) is 2.33. The Balaban J connectivity index is 2.52. The normalized spacial score (nSPS) is 21.8. The van der Waals surface area contributed by atoms with Crippen LogP contribution in [-0.2, 0) is 11.3 Å². The average molecular weight is 149 g/mol. The fourth-order valence-corrected chi connectivity index (χ4v) is 1.41. The van der Waals surface area contributed by atoms with Crippen molar-refractivity contribution in [3.8, 4) is 0 Å². The van der Waals surface area contributed by atoms with E-state index in [4.69, 9.17) is 4.74 Å². The summed E-state index contributed by atoms with van der Waals surface area (Å²) in [5.41, 5.74) is 3.61. The molecule has 2 rings (SSSR count).